The fourth-order valence-electron chi connectivity index (χ4n) is 3.55. The van der Waals surface area contributed by atoms with Crippen molar-refractivity contribution in [1.82, 2.24) is 9.29 Å². The second-order valence-corrected chi connectivity index (χ2v) is 9.19. The summed E-state index contributed by atoms with van der Waals surface area (Å²) in [5.74, 6) is -1.40. The van der Waals surface area contributed by atoms with Crippen LogP contribution in [0.1, 0.15) is 36.7 Å². The molecule has 4 N–H and O–H groups in total. The monoisotopic (exact) mass is 408 g/mol. The highest BCUT2D eigenvalue weighted by Gasteiger charge is 2.31. The van der Waals surface area contributed by atoms with Crippen LogP contribution in [-0.4, -0.2) is 19.9 Å². The molecule has 2 heterocycles. The second kappa shape index (κ2) is 6.98. The zero-order valence-corrected chi connectivity index (χ0v) is 16.1. The van der Waals surface area contributed by atoms with E-state index >= 15 is 0 Å². The summed E-state index contributed by atoms with van der Waals surface area (Å²) in [6, 6.07) is 3.08. The van der Waals surface area contributed by atoms with Crippen molar-refractivity contribution in [3.05, 3.63) is 53.4 Å². The summed E-state index contributed by atoms with van der Waals surface area (Å²) >= 11 is 0. The number of hydrogen-bond donors (Lipinski definition) is 4. The van der Waals surface area contributed by atoms with Crippen LogP contribution in [0.4, 0.5) is 14.5 Å². The molecule has 3 atom stereocenters. The Hall–Kier alpha value is -2.23. The lowest BCUT2D eigenvalue weighted by Crippen LogP contribution is -2.32. The van der Waals surface area contributed by atoms with Gasteiger partial charge in [0.1, 0.15) is 9.92 Å². The van der Waals surface area contributed by atoms with Crippen molar-refractivity contribution in [3.63, 3.8) is 0 Å². The molecule has 0 saturated heterocycles. The maximum Gasteiger partial charge on any atom is 0.166 e. The standard InChI is InChI=1S/C19H22F2N4O2S/c1-25-10-17-14(6-4-13(8-11-2-3-11)24-28(17,22)27)18(25)19(26)23-12-5-7-15(20)16(21)9-12/h4-7,9-11,13,19,23,26H,2-3,8H2,1H3,(H2,22,24,27)/t13-,19?,28?/m1/s1. The van der Waals surface area contributed by atoms with Crippen LogP contribution in [-0.2, 0) is 17.0 Å². The van der Waals surface area contributed by atoms with Crippen LogP contribution in [0.5, 0.6) is 0 Å². The molecular formula is C19H22F2N4O2S. The van der Waals surface area contributed by atoms with Gasteiger partial charge in [0.25, 0.3) is 0 Å². The lowest BCUT2D eigenvalue weighted by atomic mass is 10.1. The first-order valence-corrected chi connectivity index (χ1v) is 10.6. The zero-order valence-electron chi connectivity index (χ0n) is 15.3. The number of aliphatic hydroxyl groups excluding tert-OH is 1. The highest BCUT2D eigenvalue weighted by Crippen LogP contribution is 2.36. The van der Waals surface area contributed by atoms with Crippen LogP contribution in [0.15, 0.2) is 35.4 Å². The Morgan fingerprint density at radius 2 is 2.14 bits per heavy atom. The minimum atomic E-state index is -3.25. The minimum absolute atomic E-state index is 0.167. The molecule has 0 bridgehead atoms. The molecule has 1 aliphatic heterocycles. The van der Waals surface area contributed by atoms with Gasteiger partial charge in [0.15, 0.2) is 17.9 Å². The van der Waals surface area contributed by atoms with Gasteiger partial charge in [-0.3, -0.25) is 0 Å². The molecule has 9 heteroatoms. The first-order valence-electron chi connectivity index (χ1n) is 9.08. The van der Waals surface area contributed by atoms with Gasteiger partial charge in [-0.1, -0.05) is 25.0 Å². The molecule has 0 spiro atoms. The van der Waals surface area contributed by atoms with Gasteiger partial charge < -0.3 is 15.0 Å². The van der Waals surface area contributed by atoms with Gasteiger partial charge in [-0.15, -0.1) is 0 Å². The van der Waals surface area contributed by atoms with Crippen LogP contribution in [0.3, 0.4) is 0 Å². The van der Waals surface area contributed by atoms with Crippen LogP contribution in [0, 0.1) is 22.3 Å². The first kappa shape index (κ1) is 19.1. The van der Waals surface area contributed by atoms with Crippen molar-refractivity contribution >= 4 is 21.7 Å². The predicted molar refractivity (Wildman–Crippen MR) is 103 cm³/mol. The number of halogens is 2. The molecule has 1 aromatic heterocycles. The van der Waals surface area contributed by atoms with Gasteiger partial charge >= 0.3 is 0 Å². The fourth-order valence-corrected chi connectivity index (χ4v) is 5.06. The number of hydrogen-bond acceptors (Lipinski definition) is 4. The summed E-state index contributed by atoms with van der Waals surface area (Å²) in [6.07, 6.45) is 7.09. The van der Waals surface area contributed by atoms with E-state index in [0.29, 0.717) is 22.1 Å². The first-order chi connectivity index (χ1) is 13.2. The van der Waals surface area contributed by atoms with E-state index in [-0.39, 0.29) is 11.7 Å². The Morgan fingerprint density at radius 3 is 2.82 bits per heavy atom. The topological polar surface area (TPSA) is 90.1 Å². The largest absolute Gasteiger partial charge is 0.368 e. The van der Waals surface area contributed by atoms with Crippen molar-refractivity contribution in [2.75, 3.05) is 5.32 Å². The number of rotatable bonds is 5. The van der Waals surface area contributed by atoms with Gasteiger partial charge in [0.05, 0.1) is 10.6 Å². The number of nitrogens with one attached hydrogen (secondary N) is 3. The van der Waals surface area contributed by atoms with Crippen LogP contribution in [0.25, 0.3) is 6.08 Å². The van der Waals surface area contributed by atoms with Gasteiger partial charge in [-0.2, -0.15) is 0 Å². The summed E-state index contributed by atoms with van der Waals surface area (Å²) < 4.78 is 52.4. The highest BCUT2D eigenvalue weighted by molar-refractivity contribution is 7.90. The quantitative estimate of drug-likeness (QED) is 0.571. The van der Waals surface area contributed by atoms with E-state index in [9.17, 15) is 18.1 Å². The zero-order chi connectivity index (χ0) is 20.1. The molecule has 2 aliphatic rings. The average molecular weight is 408 g/mol. The summed E-state index contributed by atoms with van der Waals surface area (Å²) in [6.45, 7) is 0. The van der Waals surface area contributed by atoms with Crippen molar-refractivity contribution in [3.8, 4) is 0 Å². The lowest BCUT2D eigenvalue weighted by molar-refractivity contribution is 0.199. The predicted octanol–water partition coefficient (Wildman–Crippen LogP) is 3.51. The molecule has 2 aromatic rings. The van der Waals surface area contributed by atoms with E-state index < -0.39 is 27.8 Å². The molecule has 28 heavy (non-hydrogen) atoms. The minimum Gasteiger partial charge on any atom is -0.368 e. The van der Waals surface area contributed by atoms with E-state index in [1.165, 1.54) is 6.07 Å². The molecule has 1 aliphatic carbocycles. The normalized spacial score (nSPS) is 25.2. The van der Waals surface area contributed by atoms with Gasteiger partial charge in [-0.25, -0.2) is 22.5 Å². The van der Waals surface area contributed by atoms with E-state index in [4.69, 9.17) is 4.78 Å². The fraction of sp³-hybridized carbons (Fsp3) is 0.368. The molecule has 4 rings (SSSR count). The van der Waals surface area contributed by atoms with E-state index in [1.807, 2.05) is 6.08 Å². The molecule has 0 radical (unpaired) electrons. The smallest absolute Gasteiger partial charge is 0.166 e. The number of aliphatic hydroxyl groups is 1. The van der Waals surface area contributed by atoms with Crippen molar-refractivity contribution < 1.29 is 18.1 Å². The molecule has 6 nitrogen and oxygen atoms in total. The summed E-state index contributed by atoms with van der Waals surface area (Å²) in [7, 11) is -1.58. The third-order valence-corrected chi connectivity index (χ3v) is 6.70. The number of aromatic nitrogens is 1. The third-order valence-electron chi connectivity index (χ3n) is 5.12. The number of nitrogens with zero attached hydrogens (tertiary/aromatic N) is 1. The maximum absolute atomic E-state index is 13.4. The Labute approximate surface area is 162 Å². The number of benzene rings is 1. The van der Waals surface area contributed by atoms with E-state index in [1.54, 1.807) is 23.9 Å². The Balaban J connectivity index is 1.67. The maximum atomic E-state index is 13.4. The third kappa shape index (κ3) is 3.69. The Kier molecular flexibility index (Phi) is 4.76. The van der Waals surface area contributed by atoms with Crippen LogP contribution < -0.4 is 10.0 Å². The van der Waals surface area contributed by atoms with E-state index in [0.717, 1.165) is 31.4 Å². The molecule has 1 fully saturated rings. The average Bonchev–Trinajstić information content (AvgIpc) is 3.37. The molecule has 1 saturated carbocycles. The molecule has 150 valence electrons. The van der Waals surface area contributed by atoms with Crippen molar-refractivity contribution in [1.29, 1.82) is 4.78 Å². The second-order valence-electron chi connectivity index (χ2n) is 7.40. The van der Waals surface area contributed by atoms with E-state index in [2.05, 4.69) is 10.0 Å². The van der Waals surface area contributed by atoms with Gasteiger partial charge in [0, 0.05) is 36.6 Å². The van der Waals surface area contributed by atoms with Crippen molar-refractivity contribution in [2.45, 2.75) is 36.4 Å². The Bertz CT molecular complexity index is 1040. The number of anilines is 1. The van der Waals surface area contributed by atoms with Crippen LogP contribution >= 0.6 is 0 Å². The molecular weight excluding hydrogens is 386 g/mol. The highest BCUT2D eigenvalue weighted by atomic mass is 32.2. The molecule has 2 unspecified atom stereocenters. The lowest BCUT2D eigenvalue weighted by Gasteiger charge is -2.17. The summed E-state index contributed by atoms with van der Waals surface area (Å²) in [5.41, 5.74) is 1.09. The van der Waals surface area contributed by atoms with Crippen LogP contribution in [0.2, 0.25) is 0 Å². The summed E-state index contributed by atoms with van der Waals surface area (Å²) in [5, 5.41) is 13.4. The molecule has 0 amide bonds. The summed E-state index contributed by atoms with van der Waals surface area (Å²) in [4.78, 5) is 0.297. The SMILES string of the molecule is Cn1cc2c(c1C(O)Nc1ccc(F)c(F)c1)C=C[C@H](CC1CC1)NS2(=N)=O. The van der Waals surface area contributed by atoms with Crippen molar-refractivity contribution in [2.24, 2.45) is 13.0 Å². The van der Waals surface area contributed by atoms with Gasteiger partial charge in [0.2, 0.25) is 0 Å². The Morgan fingerprint density at radius 1 is 1.39 bits per heavy atom. The molecule has 1 aromatic carbocycles. The number of fused-ring (bicyclic) bond motifs is 1. The van der Waals surface area contributed by atoms with Gasteiger partial charge in [-0.05, 0) is 24.5 Å². The number of aryl methyl sites for hydroxylation is 1.